The van der Waals surface area contributed by atoms with Crippen LogP contribution >= 0.6 is 23.2 Å². The van der Waals surface area contributed by atoms with Gasteiger partial charge in [-0.3, -0.25) is 0 Å². The van der Waals surface area contributed by atoms with E-state index in [4.69, 9.17) is 23.2 Å². The Labute approximate surface area is 119 Å². The topological polar surface area (TPSA) is 42.4 Å². The molecule has 0 aliphatic carbocycles. The van der Waals surface area contributed by atoms with Crippen LogP contribution in [-0.4, -0.2) is 10.1 Å². The number of phenolic OH excluding ortho intramolecular Hbond substituents is 1. The van der Waals surface area contributed by atoms with E-state index in [-0.39, 0.29) is 10.0 Å². The number of pyridine rings is 1. The van der Waals surface area contributed by atoms with Gasteiger partial charge in [0.15, 0.2) is 11.5 Å². The fourth-order valence-corrected chi connectivity index (χ4v) is 1.58. The van der Waals surface area contributed by atoms with Crippen LogP contribution in [0.4, 0.5) is 17.6 Å². The molecule has 1 heterocycles. The summed E-state index contributed by atoms with van der Waals surface area (Å²) in [5.41, 5.74) is 0. The van der Waals surface area contributed by atoms with Gasteiger partial charge in [0.2, 0.25) is 17.4 Å². The second-order valence-corrected chi connectivity index (χ2v) is 4.30. The highest BCUT2D eigenvalue weighted by atomic mass is 35.5. The van der Waals surface area contributed by atoms with E-state index < -0.39 is 40.8 Å². The minimum Gasteiger partial charge on any atom is -0.504 e. The molecule has 9 heteroatoms. The molecule has 1 aromatic carbocycles. The van der Waals surface area contributed by atoms with Crippen molar-refractivity contribution in [2.45, 2.75) is 0 Å². The van der Waals surface area contributed by atoms with Gasteiger partial charge in [-0.2, -0.15) is 22.5 Å². The van der Waals surface area contributed by atoms with Crippen molar-refractivity contribution >= 4 is 23.2 Å². The molecule has 0 fully saturated rings. The third-order valence-electron chi connectivity index (χ3n) is 2.17. The second kappa shape index (κ2) is 5.34. The molecule has 0 aliphatic rings. The van der Waals surface area contributed by atoms with Crippen LogP contribution in [0.5, 0.6) is 17.2 Å². The average molecular weight is 328 g/mol. The van der Waals surface area contributed by atoms with Crippen LogP contribution in [0.3, 0.4) is 0 Å². The van der Waals surface area contributed by atoms with E-state index in [1.165, 1.54) is 0 Å². The summed E-state index contributed by atoms with van der Waals surface area (Å²) in [4.78, 5) is 2.36. The molecule has 106 valence electrons. The van der Waals surface area contributed by atoms with Crippen LogP contribution in [0.1, 0.15) is 0 Å². The predicted octanol–water partition coefficient (Wildman–Crippen LogP) is 4.44. The van der Waals surface area contributed by atoms with Crippen LogP contribution in [0.25, 0.3) is 0 Å². The van der Waals surface area contributed by atoms with Gasteiger partial charge in [0.1, 0.15) is 0 Å². The lowest BCUT2D eigenvalue weighted by Gasteiger charge is -2.10. The first-order valence-corrected chi connectivity index (χ1v) is 5.62. The van der Waals surface area contributed by atoms with E-state index in [1.54, 1.807) is 0 Å². The minimum atomic E-state index is -1.89. The number of aromatic nitrogens is 1. The molecule has 20 heavy (non-hydrogen) atoms. The summed E-state index contributed by atoms with van der Waals surface area (Å²) in [5.74, 6) is -10.1. The first-order valence-electron chi connectivity index (χ1n) is 4.87. The van der Waals surface area contributed by atoms with Crippen molar-refractivity contribution in [3.05, 3.63) is 45.7 Å². The van der Waals surface area contributed by atoms with E-state index in [0.29, 0.717) is 0 Å². The maximum absolute atomic E-state index is 13.3. The van der Waals surface area contributed by atoms with Crippen molar-refractivity contribution in [3.8, 4) is 17.2 Å². The number of phenols is 1. The maximum atomic E-state index is 13.3. The fourth-order valence-electron chi connectivity index (χ4n) is 1.27. The summed E-state index contributed by atoms with van der Waals surface area (Å²) in [5, 5.41) is 9.33. The predicted molar refractivity (Wildman–Crippen MR) is 62.3 cm³/mol. The normalized spacial score (nSPS) is 10.7. The van der Waals surface area contributed by atoms with Crippen molar-refractivity contribution in [1.82, 2.24) is 4.98 Å². The smallest absolute Gasteiger partial charge is 0.255 e. The summed E-state index contributed by atoms with van der Waals surface area (Å²) in [6.07, 6.45) is 0. The molecule has 2 aromatic rings. The maximum Gasteiger partial charge on any atom is 0.255 e. The SMILES string of the molecule is Oc1cc(Cl)c(Cl)cc1Oc1c(F)c(F)nc(F)c1F. The standard InChI is InChI=1S/C11H3Cl2F4NO2/c12-3-1-5(19)6(2-4(3)13)20-9-7(14)10(16)18-11(17)8(9)15/h1-2,19H. The van der Waals surface area contributed by atoms with E-state index in [0.717, 1.165) is 12.1 Å². The number of rotatable bonds is 2. The first kappa shape index (κ1) is 14.7. The second-order valence-electron chi connectivity index (χ2n) is 3.49. The highest BCUT2D eigenvalue weighted by molar-refractivity contribution is 6.42. The van der Waals surface area contributed by atoms with Crippen LogP contribution < -0.4 is 4.74 Å². The molecule has 0 saturated heterocycles. The quantitative estimate of drug-likeness (QED) is 0.654. The largest absolute Gasteiger partial charge is 0.504 e. The van der Waals surface area contributed by atoms with Gasteiger partial charge in [-0.05, 0) is 0 Å². The first-order chi connectivity index (χ1) is 9.31. The Morgan fingerprint density at radius 1 is 0.950 bits per heavy atom. The Hall–Kier alpha value is -1.73. The monoisotopic (exact) mass is 327 g/mol. The zero-order chi connectivity index (χ0) is 15.0. The van der Waals surface area contributed by atoms with Gasteiger partial charge in [-0.1, -0.05) is 23.2 Å². The fraction of sp³-hybridized carbons (Fsp3) is 0. The number of halogens is 6. The average Bonchev–Trinajstić information content (AvgIpc) is 2.38. The summed E-state index contributed by atoms with van der Waals surface area (Å²) in [6.45, 7) is 0. The molecule has 0 unspecified atom stereocenters. The van der Waals surface area contributed by atoms with E-state index >= 15 is 0 Å². The van der Waals surface area contributed by atoms with Crippen LogP contribution in [0.2, 0.25) is 10.0 Å². The Morgan fingerprint density at radius 3 is 2.00 bits per heavy atom. The van der Waals surface area contributed by atoms with Crippen molar-refractivity contribution in [2.75, 3.05) is 0 Å². The Morgan fingerprint density at radius 2 is 1.45 bits per heavy atom. The molecular formula is C11H3Cl2F4NO2. The van der Waals surface area contributed by atoms with Crippen molar-refractivity contribution in [2.24, 2.45) is 0 Å². The minimum absolute atomic E-state index is 0.0513. The number of aromatic hydroxyl groups is 1. The molecule has 1 N–H and O–H groups in total. The zero-order valence-electron chi connectivity index (χ0n) is 9.23. The van der Waals surface area contributed by atoms with Gasteiger partial charge in [0.25, 0.3) is 11.9 Å². The van der Waals surface area contributed by atoms with Crippen LogP contribution in [-0.2, 0) is 0 Å². The van der Waals surface area contributed by atoms with Gasteiger partial charge < -0.3 is 9.84 Å². The van der Waals surface area contributed by atoms with Crippen molar-refractivity contribution in [3.63, 3.8) is 0 Å². The number of nitrogens with zero attached hydrogens (tertiary/aromatic N) is 1. The molecule has 1 aromatic heterocycles. The highest BCUT2D eigenvalue weighted by Crippen LogP contribution is 2.39. The number of ether oxygens (including phenoxy) is 1. The molecule has 3 nitrogen and oxygen atoms in total. The lowest BCUT2D eigenvalue weighted by molar-refractivity contribution is 0.333. The zero-order valence-corrected chi connectivity index (χ0v) is 10.7. The lowest BCUT2D eigenvalue weighted by Crippen LogP contribution is -2.03. The summed E-state index contributed by atoms with van der Waals surface area (Å²) in [7, 11) is 0. The van der Waals surface area contributed by atoms with Crippen LogP contribution in [0.15, 0.2) is 12.1 Å². The summed E-state index contributed by atoms with van der Waals surface area (Å²) >= 11 is 11.2. The molecule has 2 rings (SSSR count). The summed E-state index contributed by atoms with van der Waals surface area (Å²) in [6, 6.07) is 1.86. The molecule has 0 bridgehead atoms. The van der Waals surface area contributed by atoms with E-state index in [2.05, 4.69) is 9.72 Å². The van der Waals surface area contributed by atoms with Gasteiger partial charge in [-0.25, -0.2) is 0 Å². The van der Waals surface area contributed by atoms with Crippen LogP contribution in [0, 0.1) is 23.5 Å². The third kappa shape index (κ3) is 2.59. The Bertz CT molecular complexity index is 671. The summed E-state index contributed by atoms with van der Waals surface area (Å²) < 4.78 is 57.0. The van der Waals surface area contributed by atoms with E-state index in [1.807, 2.05) is 0 Å². The molecule has 0 spiro atoms. The highest BCUT2D eigenvalue weighted by Gasteiger charge is 2.24. The van der Waals surface area contributed by atoms with Gasteiger partial charge in [0, 0.05) is 12.1 Å². The van der Waals surface area contributed by atoms with Crippen molar-refractivity contribution in [1.29, 1.82) is 0 Å². The number of hydrogen-bond donors (Lipinski definition) is 1. The molecule has 0 amide bonds. The molecule has 0 atom stereocenters. The Balaban J connectivity index is 2.53. The lowest BCUT2D eigenvalue weighted by atomic mass is 10.3. The van der Waals surface area contributed by atoms with Gasteiger partial charge in [-0.15, -0.1) is 0 Å². The van der Waals surface area contributed by atoms with Gasteiger partial charge in [0.05, 0.1) is 10.0 Å². The Kier molecular flexibility index (Phi) is 3.92. The van der Waals surface area contributed by atoms with Gasteiger partial charge >= 0.3 is 0 Å². The molecule has 0 saturated carbocycles. The molecule has 0 aliphatic heterocycles. The van der Waals surface area contributed by atoms with E-state index in [9.17, 15) is 22.7 Å². The molecular weight excluding hydrogens is 325 g/mol. The third-order valence-corrected chi connectivity index (χ3v) is 2.89. The number of benzene rings is 1. The number of hydrogen-bond acceptors (Lipinski definition) is 3. The molecule has 0 radical (unpaired) electrons. The van der Waals surface area contributed by atoms with Crippen molar-refractivity contribution < 1.29 is 27.4 Å².